The van der Waals surface area contributed by atoms with Crippen LogP contribution in [0.4, 0.5) is 0 Å². The van der Waals surface area contributed by atoms with Crippen molar-refractivity contribution in [1.29, 1.82) is 0 Å². The molecule has 3 rings (SSSR count). The Balaban J connectivity index is 2.19. The Labute approximate surface area is 86.7 Å². The summed E-state index contributed by atoms with van der Waals surface area (Å²) in [5.41, 5.74) is 3.43. The van der Waals surface area contributed by atoms with Gasteiger partial charge in [-0.25, -0.2) is 0 Å². The second-order valence-electron chi connectivity index (χ2n) is 4.02. The Morgan fingerprint density at radius 3 is 2.92 bits per heavy atom. The second kappa shape index (κ2) is 2.58. The number of halogens is 1. The Hall–Kier alpha value is -0.340. The molecule has 1 fully saturated rings. The van der Waals surface area contributed by atoms with Crippen molar-refractivity contribution in [3.63, 3.8) is 0 Å². The van der Waals surface area contributed by atoms with Gasteiger partial charge in [-0.05, 0) is 36.5 Å². The number of hydrogen-bond acceptors (Lipinski definition) is 1. The highest BCUT2D eigenvalue weighted by atomic mass is 79.9. The first-order chi connectivity index (χ1) is 6.32. The monoisotopic (exact) mass is 237 g/mol. The molecule has 13 heavy (non-hydrogen) atoms. The van der Waals surface area contributed by atoms with Gasteiger partial charge in [0.1, 0.15) is 0 Å². The van der Waals surface area contributed by atoms with Crippen molar-refractivity contribution >= 4 is 15.9 Å². The minimum atomic E-state index is 0.372. The first-order valence-electron chi connectivity index (χ1n) is 4.85. The van der Waals surface area contributed by atoms with E-state index in [1.54, 1.807) is 0 Å². The van der Waals surface area contributed by atoms with Crippen molar-refractivity contribution < 1.29 is 0 Å². The molecule has 0 atom stereocenters. The number of fused-ring (bicyclic) bond motifs is 2. The van der Waals surface area contributed by atoms with E-state index in [1.165, 1.54) is 34.9 Å². The largest absolute Gasteiger partial charge is 0.307 e. The van der Waals surface area contributed by atoms with Crippen molar-refractivity contribution in [1.82, 2.24) is 5.32 Å². The summed E-state index contributed by atoms with van der Waals surface area (Å²) >= 11 is 3.63. The van der Waals surface area contributed by atoms with E-state index in [2.05, 4.69) is 39.4 Å². The van der Waals surface area contributed by atoms with E-state index in [9.17, 15) is 0 Å². The summed E-state index contributed by atoms with van der Waals surface area (Å²) in [6, 6.07) is 6.58. The zero-order valence-electron chi connectivity index (χ0n) is 7.44. The predicted molar refractivity (Wildman–Crippen MR) is 56.8 cm³/mol. The van der Waals surface area contributed by atoms with Gasteiger partial charge >= 0.3 is 0 Å². The summed E-state index contributed by atoms with van der Waals surface area (Å²) in [7, 11) is 0. The van der Waals surface area contributed by atoms with E-state index < -0.39 is 0 Å². The summed E-state index contributed by atoms with van der Waals surface area (Å²) in [6.07, 6.45) is 3.80. The molecule has 0 amide bonds. The molecule has 1 aliphatic carbocycles. The fraction of sp³-hybridized carbons (Fsp3) is 0.455. The molecule has 1 aliphatic heterocycles. The number of nitrogens with one attached hydrogen (secondary N) is 1. The van der Waals surface area contributed by atoms with Crippen LogP contribution in [0.1, 0.15) is 24.0 Å². The third-order valence-electron chi connectivity index (χ3n) is 3.22. The zero-order chi connectivity index (χ0) is 8.89. The van der Waals surface area contributed by atoms with Crippen LogP contribution in [0, 0.1) is 0 Å². The lowest BCUT2D eigenvalue weighted by Gasteiger charge is -2.27. The van der Waals surface area contributed by atoms with Crippen LogP contribution in [0.15, 0.2) is 22.7 Å². The average molecular weight is 238 g/mol. The van der Waals surface area contributed by atoms with Crippen LogP contribution < -0.4 is 5.32 Å². The van der Waals surface area contributed by atoms with Crippen LogP contribution in [0.25, 0.3) is 0 Å². The number of hydrogen-bond donors (Lipinski definition) is 1. The summed E-state index contributed by atoms with van der Waals surface area (Å²) in [6.45, 7) is 1.13. The SMILES string of the molecule is Brc1cccc2c1CCNC21CC1. The first-order valence-corrected chi connectivity index (χ1v) is 5.64. The highest BCUT2D eigenvalue weighted by molar-refractivity contribution is 9.10. The fourth-order valence-electron chi connectivity index (χ4n) is 2.35. The van der Waals surface area contributed by atoms with Crippen LogP contribution in [0.3, 0.4) is 0 Å². The molecule has 0 aromatic heterocycles. The van der Waals surface area contributed by atoms with Crippen LogP contribution in [-0.2, 0) is 12.0 Å². The average Bonchev–Trinajstić information content (AvgIpc) is 2.89. The minimum absolute atomic E-state index is 0.372. The normalized spacial score (nSPS) is 22.8. The fourth-order valence-corrected chi connectivity index (χ4v) is 2.92. The van der Waals surface area contributed by atoms with Gasteiger partial charge in [0.25, 0.3) is 0 Å². The van der Waals surface area contributed by atoms with Crippen LogP contribution in [-0.4, -0.2) is 6.54 Å². The maximum absolute atomic E-state index is 3.63. The third-order valence-corrected chi connectivity index (χ3v) is 3.97. The zero-order valence-corrected chi connectivity index (χ0v) is 9.02. The molecule has 0 bridgehead atoms. The van der Waals surface area contributed by atoms with Gasteiger partial charge in [0.2, 0.25) is 0 Å². The molecule has 0 saturated heterocycles. The van der Waals surface area contributed by atoms with Crippen molar-refractivity contribution in [2.75, 3.05) is 6.54 Å². The maximum Gasteiger partial charge on any atom is 0.0439 e. The van der Waals surface area contributed by atoms with E-state index in [1.807, 2.05) is 0 Å². The molecule has 1 nitrogen and oxygen atoms in total. The predicted octanol–water partition coefficient (Wildman–Crippen LogP) is 2.58. The van der Waals surface area contributed by atoms with Gasteiger partial charge in [-0.15, -0.1) is 0 Å². The molecule has 1 heterocycles. The molecule has 1 saturated carbocycles. The smallest absolute Gasteiger partial charge is 0.0439 e. The van der Waals surface area contributed by atoms with Gasteiger partial charge in [0, 0.05) is 16.6 Å². The molecule has 1 aromatic carbocycles. The molecule has 0 radical (unpaired) electrons. The molecular formula is C11H12BrN. The van der Waals surface area contributed by atoms with Crippen LogP contribution in [0.2, 0.25) is 0 Å². The van der Waals surface area contributed by atoms with Gasteiger partial charge in [0.15, 0.2) is 0 Å². The quantitative estimate of drug-likeness (QED) is 0.732. The molecule has 0 unspecified atom stereocenters. The second-order valence-corrected chi connectivity index (χ2v) is 4.88. The maximum atomic E-state index is 3.63. The van der Waals surface area contributed by atoms with Gasteiger partial charge in [-0.1, -0.05) is 28.1 Å². The Morgan fingerprint density at radius 2 is 2.15 bits per heavy atom. The van der Waals surface area contributed by atoms with Crippen molar-refractivity contribution in [2.45, 2.75) is 24.8 Å². The summed E-state index contributed by atoms with van der Waals surface area (Å²) < 4.78 is 1.29. The Bertz CT molecular complexity index is 355. The molecular weight excluding hydrogens is 226 g/mol. The first kappa shape index (κ1) is 8.01. The summed E-state index contributed by atoms with van der Waals surface area (Å²) in [5.74, 6) is 0. The van der Waals surface area contributed by atoms with E-state index >= 15 is 0 Å². The van der Waals surface area contributed by atoms with Crippen LogP contribution >= 0.6 is 15.9 Å². The lowest BCUT2D eigenvalue weighted by Crippen LogP contribution is -2.36. The molecule has 2 aliphatic rings. The molecule has 1 spiro atoms. The van der Waals surface area contributed by atoms with E-state index in [-0.39, 0.29) is 0 Å². The number of benzene rings is 1. The standard InChI is InChI=1S/C11H12BrN/c12-10-3-1-2-9-8(10)4-7-13-11(9)5-6-11/h1-3,13H,4-7H2. The lowest BCUT2D eigenvalue weighted by molar-refractivity contribution is 0.488. The number of rotatable bonds is 0. The highest BCUT2D eigenvalue weighted by Crippen LogP contribution is 2.49. The van der Waals surface area contributed by atoms with Gasteiger partial charge < -0.3 is 5.32 Å². The van der Waals surface area contributed by atoms with E-state index in [4.69, 9.17) is 0 Å². The molecule has 1 N–H and O–H groups in total. The summed E-state index contributed by atoms with van der Waals surface area (Å²) in [5, 5.41) is 3.63. The molecule has 1 aromatic rings. The van der Waals surface area contributed by atoms with E-state index in [0.717, 1.165) is 6.54 Å². The summed E-state index contributed by atoms with van der Waals surface area (Å²) in [4.78, 5) is 0. The third kappa shape index (κ3) is 1.09. The topological polar surface area (TPSA) is 12.0 Å². The Morgan fingerprint density at radius 1 is 1.31 bits per heavy atom. The highest BCUT2D eigenvalue weighted by Gasteiger charge is 2.46. The van der Waals surface area contributed by atoms with E-state index in [0.29, 0.717) is 5.54 Å². The molecule has 2 heteroatoms. The minimum Gasteiger partial charge on any atom is -0.307 e. The van der Waals surface area contributed by atoms with Crippen molar-refractivity contribution in [3.8, 4) is 0 Å². The van der Waals surface area contributed by atoms with Crippen molar-refractivity contribution in [3.05, 3.63) is 33.8 Å². The lowest BCUT2D eigenvalue weighted by atomic mass is 9.92. The van der Waals surface area contributed by atoms with Crippen molar-refractivity contribution in [2.24, 2.45) is 0 Å². The van der Waals surface area contributed by atoms with Gasteiger partial charge in [-0.2, -0.15) is 0 Å². The van der Waals surface area contributed by atoms with Crippen LogP contribution in [0.5, 0.6) is 0 Å². The van der Waals surface area contributed by atoms with Gasteiger partial charge in [0.05, 0.1) is 0 Å². The molecule has 68 valence electrons. The van der Waals surface area contributed by atoms with Gasteiger partial charge in [-0.3, -0.25) is 0 Å². The Kier molecular flexibility index (Phi) is 1.59.